The lowest BCUT2D eigenvalue weighted by molar-refractivity contribution is 0.411. The second kappa shape index (κ2) is 6.72. The Balaban J connectivity index is 5.50. The topological polar surface area (TPSA) is 59.9 Å². The van der Waals surface area contributed by atoms with E-state index in [2.05, 4.69) is 4.74 Å². The zero-order chi connectivity index (χ0) is 13.7. The van der Waals surface area contributed by atoms with Crippen LogP contribution in [0.3, 0.4) is 0 Å². The van der Waals surface area contributed by atoms with Crippen molar-refractivity contribution >= 4 is 62.0 Å². The Bertz CT molecular complexity index is 380. The van der Waals surface area contributed by atoms with Crippen molar-refractivity contribution in [1.29, 1.82) is 10.5 Å². The van der Waals surface area contributed by atoms with Gasteiger partial charge in [-0.25, -0.2) is 4.74 Å². The monoisotopic (exact) mass is 353 g/mol. The minimum absolute atomic E-state index is 0.164. The van der Waals surface area contributed by atoms with Gasteiger partial charge in [-0.2, -0.15) is 10.5 Å². The molecule has 9 heteroatoms. The summed E-state index contributed by atoms with van der Waals surface area (Å²) in [5, 5.41) is 15.0. The molecule has 0 rings (SSSR count). The maximum Gasteiger partial charge on any atom is 0.241 e. The zero-order valence-corrected chi connectivity index (χ0v) is 13.5. The molecule has 96 valence electrons. The normalized spacial score (nSPS) is 12.7. The maximum absolute atomic E-state index is 9.12. The van der Waals surface area contributed by atoms with Crippen LogP contribution in [-0.2, 0) is 0 Å². The predicted molar refractivity (Wildman–Crippen MR) is 74.5 cm³/mol. The first-order valence-corrected chi connectivity index (χ1v) is 9.78. The van der Waals surface area contributed by atoms with Crippen LogP contribution in [0.4, 0.5) is 0 Å². The van der Waals surface area contributed by atoms with Crippen LogP contribution in [0.1, 0.15) is 26.2 Å². The van der Waals surface area contributed by atoms with E-state index in [0.717, 1.165) is 6.42 Å². The number of nitrogens with zero attached hydrogens (tertiary/aromatic N) is 3. The molecule has 0 aliphatic carbocycles. The van der Waals surface area contributed by atoms with Crippen LogP contribution in [0.25, 0.3) is 0 Å². The summed E-state index contributed by atoms with van der Waals surface area (Å²) in [5.74, 6) is 0. The van der Waals surface area contributed by atoms with E-state index in [0.29, 0.717) is 6.42 Å². The summed E-state index contributed by atoms with van der Waals surface area (Å²) in [6.07, 6.45) is 1.53. The van der Waals surface area contributed by atoms with Gasteiger partial charge in [0.2, 0.25) is 9.57 Å². The van der Waals surface area contributed by atoms with E-state index in [9.17, 15) is 0 Å². The SMILES string of the molecule is CCCCC(C#N)(C#N)C(Cl)(Cl)N=P(Cl)(Cl)Cl. The van der Waals surface area contributed by atoms with Crippen molar-refractivity contribution in [3.8, 4) is 12.1 Å². The summed E-state index contributed by atoms with van der Waals surface area (Å²) in [4.78, 5) is 0. The van der Waals surface area contributed by atoms with Crippen molar-refractivity contribution in [2.75, 3.05) is 0 Å². The second-order valence-electron chi connectivity index (χ2n) is 3.29. The van der Waals surface area contributed by atoms with E-state index in [4.69, 9.17) is 67.4 Å². The number of rotatable bonds is 5. The quantitative estimate of drug-likeness (QED) is 0.345. The van der Waals surface area contributed by atoms with Gasteiger partial charge in [-0.15, -0.1) is 0 Å². The lowest BCUT2D eigenvalue weighted by atomic mass is 9.85. The minimum atomic E-state index is -3.22. The van der Waals surface area contributed by atoms with Crippen molar-refractivity contribution in [2.45, 2.75) is 30.6 Å². The van der Waals surface area contributed by atoms with Gasteiger partial charge in [0.1, 0.15) is 0 Å². The third kappa shape index (κ3) is 5.04. The Hall–Kier alpha value is 0.660. The smallest absolute Gasteiger partial charge is 0.219 e. The molecule has 0 fully saturated rings. The van der Waals surface area contributed by atoms with Crippen LogP contribution in [0, 0.1) is 28.1 Å². The number of hydrogen-bond donors (Lipinski definition) is 0. The van der Waals surface area contributed by atoms with Gasteiger partial charge in [-0.05, 0) is 40.1 Å². The molecule has 0 aliphatic rings. The van der Waals surface area contributed by atoms with E-state index < -0.39 is 15.0 Å². The van der Waals surface area contributed by atoms with Gasteiger partial charge in [0.25, 0.3) is 0 Å². The molecule has 0 spiro atoms. The van der Waals surface area contributed by atoms with Crippen molar-refractivity contribution in [3.63, 3.8) is 0 Å². The molecule has 0 aromatic heterocycles. The third-order valence-corrected chi connectivity index (χ3v) is 4.30. The molecule has 0 aliphatic heterocycles. The molecule has 0 bridgehead atoms. The average Bonchev–Trinajstić information content (AvgIpc) is 2.16. The van der Waals surface area contributed by atoms with Crippen molar-refractivity contribution in [3.05, 3.63) is 0 Å². The second-order valence-corrected chi connectivity index (χ2v) is 11.6. The van der Waals surface area contributed by atoms with Crippen LogP contribution in [0.15, 0.2) is 4.74 Å². The van der Waals surface area contributed by atoms with E-state index >= 15 is 0 Å². The van der Waals surface area contributed by atoms with Crippen LogP contribution in [0.2, 0.25) is 0 Å². The van der Waals surface area contributed by atoms with Crippen LogP contribution < -0.4 is 0 Å². The van der Waals surface area contributed by atoms with Gasteiger partial charge in [0.05, 0.1) is 12.1 Å². The third-order valence-electron chi connectivity index (χ3n) is 2.04. The molecule has 0 aromatic rings. The first kappa shape index (κ1) is 17.7. The Kier molecular flexibility index (Phi) is 6.98. The zero-order valence-electron chi connectivity index (χ0n) is 8.80. The average molecular weight is 355 g/mol. The molecule has 17 heavy (non-hydrogen) atoms. The molecule has 0 saturated carbocycles. The summed E-state index contributed by atoms with van der Waals surface area (Å²) in [5.41, 5.74) is -1.71. The van der Waals surface area contributed by atoms with Gasteiger partial charge in [0.15, 0.2) is 5.41 Å². The van der Waals surface area contributed by atoms with Gasteiger partial charge < -0.3 is 0 Å². The van der Waals surface area contributed by atoms with Crippen LogP contribution in [0.5, 0.6) is 0 Å². The minimum Gasteiger partial charge on any atom is -0.219 e. The fourth-order valence-electron chi connectivity index (χ4n) is 1.09. The van der Waals surface area contributed by atoms with Crippen LogP contribution >= 0.6 is 62.0 Å². The molecular weight excluding hydrogens is 346 g/mol. The molecule has 0 saturated heterocycles. The number of nitriles is 2. The molecular formula is C8H9Cl5N3P. The van der Waals surface area contributed by atoms with Gasteiger partial charge >= 0.3 is 0 Å². The molecule has 0 amide bonds. The molecule has 3 nitrogen and oxygen atoms in total. The van der Waals surface area contributed by atoms with Crippen LogP contribution in [-0.4, -0.2) is 4.46 Å². The highest BCUT2D eigenvalue weighted by atomic mass is 36.0. The largest absolute Gasteiger partial charge is 0.241 e. The highest BCUT2D eigenvalue weighted by Gasteiger charge is 2.51. The van der Waals surface area contributed by atoms with Gasteiger partial charge in [-0.3, -0.25) is 0 Å². The lowest BCUT2D eigenvalue weighted by Gasteiger charge is -2.29. The van der Waals surface area contributed by atoms with Crippen molar-refractivity contribution in [2.24, 2.45) is 10.2 Å². The predicted octanol–water partition coefficient (Wildman–Crippen LogP) is 6.00. The van der Waals surface area contributed by atoms with E-state index in [1.165, 1.54) is 0 Å². The van der Waals surface area contributed by atoms with E-state index in [1.54, 1.807) is 12.1 Å². The van der Waals surface area contributed by atoms with E-state index in [1.807, 2.05) is 6.92 Å². The molecule has 0 radical (unpaired) electrons. The summed E-state index contributed by atoms with van der Waals surface area (Å²) in [7, 11) is 0. The number of alkyl halides is 2. The Morgan fingerprint density at radius 1 is 1.18 bits per heavy atom. The standard InChI is InChI=1S/C8H9Cl5N3P/c1-2-3-4-7(5-14,6-15)8(9,10)16-17(11,12)13/h2-4H2,1H3. The molecule has 0 aromatic carbocycles. The van der Waals surface area contributed by atoms with Gasteiger partial charge in [0, 0.05) is 0 Å². The summed E-state index contributed by atoms with van der Waals surface area (Å²) < 4.78 is 1.55. The highest BCUT2D eigenvalue weighted by molar-refractivity contribution is 8.26. The Morgan fingerprint density at radius 3 is 1.94 bits per heavy atom. The van der Waals surface area contributed by atoms with E-state index in [-0.39, 0.29) is 6.42 Å². The molecule has 0 N–H and O–H groups in total. The number of hydrogen-bond acceptors (Lipinski definition) is 3. The highest BCUT2D eigenvalue weighted by Crippen LogP contribution is 2.68. The number of unbranched alkanes of at least 4 members (excludes halogenated alkanes) is 1. The molecule has 0 heterocycles. The van der Waals surface area contributed by atoms with Crippen molar-refractivity contribution in [1.82, 2.24) is 0 Å². The lowest BCUT2D eigenvalue weighted by Crippen LogP contribution is -2.35. The number of halogens is 5. The summed E-state index contributed by atoms with van der Waals surface area (Å²) >= 11 is 28.5. The fourth-order valence-corrected chi connectivity index (χ4v) is 4.30. The Labute approximate surface area is 125 Å². The first-order valence-electron chi connectivity index (χ1n) is 4.57. The first-order chi connectivity index (χ1) is 7.64. The summed E-state index contributed by atoms with van der Waals surface area (Å²) in [6, 6.07) is 3.57. The maximum atomic E-state index is 9.12. The summed E-state index contributed by atoms with van der Waals surface area (Å²) in [6.45, 7) is 1.91. The fraction of sp³-hybridized carbons (Fsp3) is 0.750. The van der Waals surface area contributed by atoms with Gasteiger partial charge in [-0.1, -0.05) is 43.0 Å². The molecule has 0 atom stereocenters. The molecule has 0 unspecified atom stereocenters. The Morgan fingerprint density at radius 2 is 1.65 bits per heavy atom. The van der Waals surface area contributed by atoms with Crippen molar-refractivity contribution < 1.29 is 0 Å².